The third-order valence-corrected chi connectivity index (χ3v) is 6.57. The fraction of sp³-hybridized carbons (Fsp3) is 0.185. The number of amides is 3. The van der Waals surface area contributed by atoms with E-state index in [0.29, 0.717) is 22.2 Å². The molecule has 4 rings (SSSR count). The molecule has 0 saturated heterocycles. The van der Waals surface area contributed by atoms with Gasteiger partial charge in [-0.3, -0.25) is 10.1 Å². The molecule has 8 heteroatoms. The Labute approximate surface area is 208 Å². The zero-order chi connectivity index (χ0) is 24.8. The number of carbonyl (C=O) groups excluding carboxylic acids is 2. The maximum Gasteiger partial charge on any atom is 0.319 e. The lowest BCUT2D eigenvalue weighted by Gasteiger charge is -2.19. The van der Waals surface area contributed by atoms with Gasteiger partial charge < -0.3 is 10.6 Å². The molecule has 178 valence electrons. The van der Waals surface area contributed by atoms with E-state index in [0.717, 1.165) is 27.8 Å². The van der Waals surface area contributed by atoms with Crippen molar-refractivity contribution in [3.05, 3.63) is 95.1 Å². The fourth-order valence-corrected chi connectivity index (χ4v) is 4.37. The molecule has 0 aliphatic rings. The minimum Gasteiger partial charge on any atom is -0.326 e. The van der Waals surface area contributed by atoms with E-state index in [1.165, 1.54) is 11.3 Å². The Morgan fingerprint density at radius 1 is 0.886 bits per heavy atom. The summed E-state index contributed by atoms with van der Waals surface area (Å²) in [5.74, 6) is -0.364. The van der Waals surface area contributed by atoms with Crippen LogP contribution in [-0.4, -0.2) is 28.2 Å². The molecular weight excluding hydrogens is 458 g/mol. The number of aryl methyl sites for hydroxylation is 2. The normalized spacial score (nSPS) is 11.5. The van der Waals surface area contributed by atoms with E-state index in [2.05, 4.69) is 26.1 Å². The predicted molar refractivity (Wildman–Crippen MR) is 141 cm³/mol. The highest BCUT2D eigenvalue weighted by molar-refractivity contribution is 7.18. The smallest absolute Gasteiger partial charge is 0.319 e. The van der Waals surface area contributed by atoms with Gasteiger partial charge in [-0.2, -0.15) is 0 Å². The molecule has 1 atom stereocenters. The molecule has 3 N–H and O–H groups in total. The largest absolute Gasteiger partial charge is 0.326 e. The summed E-state index contributed by atoms with van der Waals surface area (Å²) in [4.78, 5) is 26.0. The Morgan fingerprint density at radius 2 is 1.66 bits per heavy atom. The molecule has 3 amide bonds. The van der Waals surface area contributed by atoms with Crippen LogP contribution in [0, 0.1) is 20.8 Å². The Bertz CT molecular complexity index is 1340. The van der Waals surface area contributed by atoms with E-state index in [1.807, 2.05) is 93.6 Å². The number of nitrogens with zero attached hydrogens (tertiary/aromatic N) is 2. The van der Waals surface area contributed by atoms with Gasteiger partial charge in [0.1, 0.15) is 11.0 Å². The van der Waals surface area contributed by atoms with Crippen LogP contribution in [0.1, 0.15) is 22.3 Å². The van der Waals surface area contributed by atoms with E-state index >= 15 is 0 Å². The first kappa shape index (κ1) is 24.1. The molecule has 3 aromatic carbocycles. The van der Waals surface area contributed by atoms with Crippen LogP contribution in [0.3, 0.4) is 0 Å². The second-order valence-corrected chi connectivity index (χ2v) is 9.34. The van der Waals surface area contributed by atoms with Crippen molar-refractivity contribution in [2.24, 2.45) is 0 Å². The topological polar surface area (TPSA) is 96.0 Å². The van der Waals surface area contributed by atoms with Gasteiger partial charge in [0.2, 0.25) is 11.0 Å². The Kier molecular flexibility index (Phi) is 7.52. The lowest BCUT2D eigenvalue weighted by molar-refractivity contribution is -0.117. The van der Waals surface area contributed by atoms with Gasteiger partial charge >= 0.3 is 6.03 Å². The summed E-state index contributed by atoms with van der Waals surface area (Å²) < 4.78 is 0. The van der Waals surface area contributed by atoms with E-state index in [1.54, 1.807) is 0 Å². The number of nitrogens with one attached hydrogen (secondary N) is 3. The van der Waals surface area contributed by atoms with Gasteiger partial charge in [-0.15, -0.1) is 10.2 Å². The van der Waals surface area contributed by atoms with Crippen LogP contribution in [0.2, 0.25) is 0 Å². The highest BCUT2D eigenvalue weighted by Gasteiger charge is 2.23. The molecule has 0 spiro atoms. The molecule has 0 aliphatic carbocycles. The second kappa shape index (κ2) is 10.9. The molecule has 0 radical (unpaired) electrons. The highest BCUT2D eigenvalue weighted by Crippen LogP contribution is 2.27. The van der Waals surface area contributed by atoms with Gasteiger partial charge in [0.05, 0.1) is 0 Å². The third-order valence-electron chi connectivity index (χ3n) is 5.68. The molecule has 0 aliphatic heterocycles. The first-order valence-electron chi connectivity index (χ1n) is 11.3. The number of hydrogen-bond donors (Lipinski definition) is 3. The van der Waals surface area contributed by atoms with Crippen molar-refractivity contribution in [2.75, 3.05) is 10.6 Å². The molecule has 35 heavy (non-hydrogen) atoms. The molecule has 1 unspecified atom stereocenters. The van der Waals surface area contributed by atoms with Crippen LogP contribution in [0.5, 0.6) is 0 Å². The summed E-state index contributed by atoms with van der Waals surface area (Å²) in [5.41, 5.74) is 5.73. The first-order chi connectivity index (χ1) is 16.9. The lowest BCUT2D eigenvalue weighted by Crippen LogP contribution is -2.47. The number of anilines is 2. The summed E-state index contributed by atoms with van der Waals surface area (Å²) >= 11 is 1.29. The summed E-state index contributed by atoms with van der Waals surface area (Å²) in [6, 6.07) is 21.9. The monoisotopic (exact) mass is 485 g/mol. The van der Waals surface area contributed by atoms with Gasteiger partial charge in [0.15, 0.2) is 0 Å². The van der Waals surface area contributed by atoms with E-state index in [-0.39, 0.29) is 5.91 Å². The number of carbonyl (C=O) groups is 2. The zero-order valence-corrected chi connectivity index (χ0v) is 20.6. The standard InChI is InChI=1S/C27H27N5O2S/c1-17-9-7-13-21(15-17)25-31-32-27(35-25)30-24(33)23(16-20-11-5-4-6-12-20)29-26(34)28-22-14-8-10-18(2)19(22)3/h4-15,23H,16H2,1-3H3,(H2,28,29,34)(H,30,32,33). The number of aromatic nitrogens is 2. The number of benzene rings is 3. The number of rotatable bonds is 7. The molecule has 1 aromatic heterocycles. The molecule has 0 fully saturated rings. The zero-order valence-electron chi connectivity index (χ0n) is 19.8. The van der Waals surface area contributed by atoms with Gasteiger partial charge in [-0.05, 0) is 49.6 Å². The van der Waals surface area contributed by atoms with Crippen molar-refractivity contribution in [1.29, 1.82) is 0 Å². The van der Waals surface area contributed by atoms with Crippen molar-refractivity contribution >= 4 is 34.1 Å². The quantitative estimate of drug-likeness (QED) is 0.322. The number of hydrogen-bond acceptors (Lipinski definition) is 5. The van der Waals surface area contributed by atoms with Crippen LogP contribution in [0.25, 0.3) is 10.6 Å². The minimum absolute atomic E-state index is 0.330. The van der Waals surface area contributed by atoms with Gasteiger partial charge in [0, 0.05) is 17.7 Å². The van der Waals surface area contributed by atoms with Crippen molar-refractivity contribution in [1.82, 2.24) is 15.5 Å². The average Bonchev–Trinajstić information content (AvgIpc) is 3.31. The maximum absolute atomic E-state index is 13.2. The molecular formula is C27H27N5O2S. The second-order valence-electron chi connectivity index (χ2n) is 8.36. The molecule has 0 saturated carbocycles. The third kappa shape index (κ3) is 6.30. The summed E-state index contributed by atoms with van der Waals surface area (Å²) in [6.45, 7) is 5.94. The van der Waals surface area contributed by atoms with Crippen LogP contribution in [0.15, 0.2) is 72.8 Å². The van der Waals surface area contributed by atoms with Crippen molar-refractivity contribution < 1.29 is 9.59 Å². The Hall–Kier alpha value is -4.04. The molecule has 1 heterocycles. The van der Waals surface area contributed by atoms with E-state index in [9.17, 15) is 9.59 Å². The molecule has 4 aromatic rings. The Balaban J connectivity index is 1.49. The lowest BCUT2D eigenvalue weighted by atomic mass is 10.1. The first-order valence-corrected chi connectivity index (χ1v) is 12.1. The highest BCUT2D eigenvalue weighted by atomic mass is 32.1. The average molecular weight is 486 g/mol. The van der Waals surface area contributed by atoms with Crippen LogP contribution in [-0.2, 0) is 11.2 Å². The summed E-state index contributed by atoms with van der Waals surface area (Å²) in [5, 5.41) is 17.9. The van der Waals surface area contributed by atoms with Crippen LogP contribution in [0.4, 0.5) is 15.6 Å². The van der Waals surface area contributed by atoms with Gasteiger partial charge in [-0.1, -0.05) is 77.6 Å². The predicted octanol–water partition coefficient (Wildman–Crippen LogP) is 5.50. The summed E-state index contributed by atoms with van der Waals surface area (Å²) in [6.07, 6.45) is 0.330. The Morgan fingerprint density at radius 3 is 2.43 bits per heavy atom. The molecule has 0 bridgehead atoms. The minimum atomic E-state index is -0.811. The maximum atomic E-state index is 13.2. The molecule has 7 nitrogen and oxygen atoms in total. The van der Waals surface area contributed by atoms with Crippen molar-refractivity contribution in [3.63, 3.8) is 0 Å². The number of urea groups is 1. The van der Waals surface area contributed by atoms with E-state index in [4.69, 9.17) is 0 Å². The van der Waals surface area contributed by atoms with Gasteiger partial charge in [0.25, 0.3) is 0 Å². The van der Waals surface area contributed by atoms with Crippen molar-refractivity contribution in [3.8, 4) is 10.6 Å². The van der Waals surface area contributed by atoms with Gasteiger partial charge in [-0.25, -0.2) is 4.79 Å². The van der Waals surface area contributed by atoms with Crippen LogP contribution >= 0.6 is 11.3 Å². The summed E-state index contributed by atoms with van der Waals surface area (Å²) in [7, 11) is 0. The van der Waals surface area contributed by atoms with Crippen LogP contribution < -0.4 is 16.0 Å². The fourth-order valence-electron chi connectivity index (χ4n) is 3.62. The SMILES string of the molecule is Cc1cccc(-c2nnc(NC(=O)C(Cc3ccccc3)NC(=O)Nc3cccc(C)c3C)s2)c1. The van der Waals surface area contributed by atoms with E-state index < -0.39 is 12.1 Å². The van der Waals surface area contributed by atoms with Crippen molar-refractivity contribution in [2.45, 2.75) is 33.2 Å².